The second-order valence-electron chi connectivity index (χ2n) is 3.71. The van der Waals surface area contributed by atoms with Crippen molar-refractivity contribution in [2.75, 3.05) is 18.0 Å². The molecule has 3 heteroatoms. The Kier molecular flexibility index (Phi) is 2.46. The van der Waals surface area contributed by atoms with Gasteiger partial charge in [-0.2, -0.15) is 0 Å². The molecule has 1 aliphatic heterocycles. The Morgan fingerprint density at radius 1 is 1.47 bits per heavy atom. The highest BCUT2D eigenvalue weighted by Gasteiger charge is 2.19. The van der Waals surface area contributed by atoms with Crippen molar-refractivity contribution in [2.24, 2.45) is 0 Å². The number of aliphatic carboxylic acids is 1. The first-order chi connectivity index (χ1) is 7.18. The molecule has 1 aromatic rings. The van der Waals surface area contributed by atoms with E-state index < -0.39 is 5.97 Å². The van der Waals surface area contributed by atoms with Crippen LogP contribution < -0.4 is 4.90 Å². The molecular weight excluding hydrogens is 190 g/mol. The number of carboxylic acid groups (broad SMARTS) is 1. The lowest BCUT2D eigenvalue weighted by Crippen LogP contribution is -2.25. The fourth-order valence-corrected chi connectivity index (χ4v) is 1.87. The van der Waals surface area contributed by atoms with E-state index in [0.717, 1.165) is 18.7 Å². The molecule has 1 heterocycles. The minimum absolute atomic E-state index is 0.242. The number of rotatable bonds is 3. The van der Waals surface area contributed by atoms with Crippen LogP contribution in [0.15, 0.2) is 36.4 Å². The smallest absolute Gasteiger partial charge is 0.332 e. The monoisotopic (exact) mass is 203 g/mol. The highest BCUT2D eigenvalue weighted by atomic mass is 16.4. The Morgan fingerprint density at radius 2 is 2.20 bits per heavy atom. The van der Waals surface area contributed by atoms with Gasteiger partial charge in [0.1, 0.15) is 0 Å². The van der Waals surface area contributed by atoms with E-state index in [4.69, 9.17) is 5.11 Å². The Balaban J connectivity index is 2.14. The van der Waals surface area contributed by atoms with Crippen molar-refractivity contribution in [3.8, 4) is 0 Å². The average molecular weight is 203 g/mol. The van der Waals surface area contributed by atoms with Gasteiger partial charge in [-0.25, -0.2) is 4.79 Å². The molecule has 1 aromatic carbocycles. The molecule has 2 rings (SSSR count). The SMILES string of the molecule is C=C(CN1CCc2ccccc21)C(=O)O. The molecule has 1 aliphatic rings. The number of fused-ring (bicyclic) bond motifs is 1. The highest BCUT2D eigenvalue weighted by Crippen LogP contribution is 2.27. The second-order valence-corrected chi connectivity index (χ2v) is 3.71. The van der Waals surface area contributed by atoms with Crippen molar-refractivity contribution < 1.29 is 9.90 Å². The lowest BCUT2D eigenvalue weighted by Gasteiger charge is -2.18. The van der Waals surface area contributed by atoms with Crippen LogP contribution in [0, 0.1) is 0 Å². The van der Waals surface area contributed by atoms with Gasteiger partial charge in [0, 0.05) is 24.4 Å². The molecule has 0 bridgehead atoms. The van der Waals surface area contributed by atoms with E-state index in [2.05, 4.69) is 17.5 Å². The van der Waals surface area contributed by atoms with Gasteiger partial charge in [0.15, 0.2) is 0 Å². The van der Waals surface area contributed by atoms with Gasteiger partial charge >= 0.3 is 5.97 Å². The summed E-state index contributed by atoms with van der Waals surface area (Å²) in [7, 11) is 0. The van der Waals surface area contributed by atoms with Crippen molar-refractivity contribution >= 4 is 11.7 Å². The van der Waals surface area contributed by atoms with Crippen LogP contribution in [0.25, 0.3) is 0 Å². The van der Waals surface area contributed by atoms with Crippen LogP contribution in [0.3, 0.4) is 0 Å². The number of hydrogen-bond acceptors (Lipinski definition) is 2. The summed E-state index contributed by atoms with van der Waals surface area (Å²) in [5, 5.41) is 8.76. The Morgan fingerprint density at radius 3 is 2.93 bits per heavy atom. The van der Waals surface area contributed by atoms with Crippen molar-refractivity contribution in [3.63, 3.8) is 0 Å². The third-order valence-electron chi connectivity index (χ3n) is 2.67. The van der Waals surface area contributed by atoms with Crippen LogP contribution in [-0.4, -0.2) is 24.2 Å². The van der Waals surface area contributed by atoms with Gasteiger partial charge in [-0.05, 0) is 18.1 Å². The summed E-state index contributed by atoms with van der Waals surface area (Å²) in [6, 6.07) is 8.09. The van der Waals surface area contributed by atoms with Crippen LogP contribution in [0.5, 0.6) is 0 Å². The fourth-order valence-electron chi connectivity index (χ4n) is 1.87. The molecule has 1 N–H and O–H groups in total. The molecule has 15 heavy (non-hydrogen) atoms. The number of carbonyl (C=O) groups is 1. The number of benzene rings is 1. The first-order valence-corrected chi connectivity index (χ1v) is 4.92. The normalized spacial score (nSPS) is 13.7. The summed E-state index contributed by atoms with van der Waals surface area (Å²) in [5.74, 6) is -0.917. The van der Waals surface area contributed by atoms with Crippen LogP contribution >= 0.6 is 0 Å². The van der Waals surface area contributed by atoms with Crippen molar-refractivity contribution in [3.05, 3.63) is 42.0 Å². The molecule has 0 fully saturated rings. The molecule has 0 unspecified atom stereocenters. The van der Waals surface area contributed by atoms with Crippen LogP contribution in [0.4, 0.5) is 5.69 Å². The van der Waals surface area contributed by atoms with Gasteiger partial charge in [0.2, 0.25) is 0 Å². The van der Waals surface area contributed by atoms with E-state index >= 15 is 0 Å². The van der Waals surface area contributed by atoms with E-state index in [9.17, 15) is 4.79 Å². The van der Waals surface area contributed by atoms with Gasteiger partial charge < -0.3 is 10.0 Å². The number of carboxylic acids is 1. The minimum atomic E-state index is -0.917. The third-order valence-corrected chi connectivity index (χ3v) is 2.67. The molecule has 0 amide bonds. The van der Waals surface area contributed by atoms with Crippen LogP contribution in [0.2, 0.25) is 0 Å². The fraction of sp³-hybridized carbons (Fsp3) is 0.250. The van der Waals surface area contributed by atoms with Gasteiger partial charge in [-0.3, -0.25) is 0 Å². The Bertz CT molecular complexity index is 412. The van der Waals surface area contributed by atoms with Crippen molar-refractivity contribution in [2.45, 2.75) is 6.42 Å². The van der Waals surface area contributed by atoms with E-state index in [0.29, 0.717) is 6.54 Å². The van der Waals surface area contributed by atoms with E-state index in [1.165, 1.54) is 5.56 Å². The molecule has 0 aromatic heterocycles. The predicted octanol–water partition coefficient (Wildman–Crippen LogP) is 1.69. The highest BCUT2D eigenvalue weighted by molar-refractivity contribution is 5.87. The minimum Gasteiger partial charge on any atom is -0.478 e. The summed E-state index contributed by atoms with van der Waals surface area (Å²) in [5.41, 5.74) is 2.67. The summed E-state index contributed by atoms with van der Waals surface area (Å²) in [4.78, 5) is 12.7. The zero-order valence-electron chi connectivity index (χ0n) is 8.44. The van der Waals surface area contributed by atoms with Crippen molar-refractivity contribution in [1.82, 2.24) is 0 Å². The Hall–Kier alpha value is -1.77. The van der Waals surface area contributed by atoms with E-state index in [-0.39, 0.29) is 5.57 Å². The van der Waals surface area contributed by atoms with Gasteiger partial charge in [0.05, 0.1) is 0 Å². The molecule has 0 aliphatic carbocycles. The van der Waals surface area contributed by atoms with Gasteiger partial charge in [-0.1, -0.05) is 24.8 Å². The predicted molar refractivity (Wildman–Crippen MR) is 59.1 cm³/mol. The van der Waals surface area contributed by atoms with E-state index in [1.807, 2.05) is 18.2 Å². The topological polar surface area (TPSA) is 40.5 Å². The number of hydrogen-bond donors (Lipinski definition) is 1. The molecule has 3 nitrogen and oxygen atoms in total. The quantitative estimate of drug-likeness (QED) is 0.760. The molecule has 0 saturated carbocycles. The first kappa shape index (κ1) is 9.77. The maximum Gasteiger partial charge on any atom is 0.332 e. The number of para-hydroxylation sites is 1. The van der Waals surface area contributed by atoms with Crippen LogP contribution in [0.1, 0.15) is 5.56 Å². The maximum absolute atomic E-state index is 10.7. The standard InChI is InChI=1S/C12H13NO2/c1-9(12(14)15)8-13-7-6-10-4-2-3-5-11(10)13/h2-5H,1,6-8H2,(H,14,15). The maximum atomic E-state index is 10.7. The summed E-state index contributed by atoms with van der Waals surface area (Å²) in [6.07, 6.45) is 0.989. The molecular formula is C12H13NO2. The molecule has 78 valence electrons. The lowest BCUT2D eigenvalue weighted by atomic mass is 10.2. The van der Waals surface area contributed by atoms with Crippen LogP contribution in [-0.2, 0) is 11.2 Å². The molecule has 0 spiro atoms. The Labute approximate surface area is 88.6 Å². The number of anilines is 1. The largest absolute Gasteiger partial charge is 0.478 e. The first-order valence-electron chi connectivity index (χ1n) is 4.92. The summed E-state index contributed by atoms with van der Waals surface area (Å²) < 4.78 is 0. The second kappa shape index (κ2) is 3.77. The summed E-state index contributed by atoms with van der Waals surface area (Å²) >= 11 is 0. The summed E-state index contributed by atoms with van der Waals surface area (Å²) in [6.45, 7) is 4.84. The molecule has 0 radical (unpaired) electrons. The zero-order chi connectivity index (χ0) is 10.8. The van der Waals surface area contributed by atoms with E-state index in [1.54, 1.807) is 0 Å². The molecule has 0 atom stereocenters. The van der Waals surface area contributed by atoms with Crippen molar-refractivity contribution in [1.29, 1.82) is 0 Å². The number of nitrogens with zero attached hydrogens (tertiary/aromatic N) is 1. The lowest BCUT2D eigenvalue weighted by molar-refractivity contribution is -0.132. The van der Waals surface area contributed by atoms with Gasteiger partial charge in [-0.15, -0.1) is 0 Å². The molecule has 0 saturated heterocycles. The third kappa shape index (κ3) is 1.86. The average Bonchev–Trinajstić information content (AvgIpc) is 2.62. The zero-order valence-corrected chi connectivity index (χ0v) is 8.44. The van der Waals surface area contributed by atoms with Gasteiger partial charge in [0.25, 0.3) is 0 Å².